The summed E-state index contributed by atoms with van der Waals surface area (Å²) in [6, 6.07) is 6.62. The highest BCUT2D eigenvalue weighted by Gasteiger charge is 2.29. The second kappa shape index (κ2) is 6.79. The average molecular weight is 345 g/mol. The van der Waals surface area contributed by atoms with Crippen molar-refractivity contribution in [2.24, 2.45) is 5.92 Å². The molecule has 1 fully saturated rings. The molecule has 0 aliphatic heterocycles. The summed E-state index contributed by atoms with van der Waals surface area (Å²) in [5.41, 5.74) is 1.09. The summed E-state index contributed by atoms with van der Waals surface area (Å²) < 4.78 is 0. The minimum Gasteiger partial charge on any atom is -0.476 e. The number of hydrogen-bond acceptors (Lipinski definition) is 5. The van der Waals surface area contributed by atoms with E-state index in [4.69, 9.17) is 5.11 Å². The molecule has 0 bridgehead atoms. The van der Waals surface area contributed by atoms with Gasteiger partial charge in [0.05, 0.1) is 6.54 Å². The predicted molar refractivity (Wildman–Crippen MR) is 88.0 cm³/mol. The number of thiazole rings is 1. The van der Waals surface area contributed by atoms with Gasteiger partial charge in [-0.25, -0.2) is 9.78 Å². The number of amides is 2. The maximum atomic E-state index is 12.1. The van der Waals surface area contributed by atoms with Gasteiger partial charge in [-0.15, -0.1) is 11.3 Å². The number of aromatic carboxylic acids is 1. The summed E-state index contributed by atoms with van der Waals surface area (Å²) in [4.78, 5) is 38.4. The van der Waals surface area contributed by atoms with Crippen LogP contribution >= 0.6 is 11.3 Å². The van der Waals surface area contributed by atoms with Crippen LogP contribution in [0.15, 0.2) is 29.6 Å². The van der Waals surface area contributed by atoms with E-state index < -0.39 is 5.97 Å². The zero-order valence-electron chi connectivity index (χ0n) is 12.6. The molecular formula is C16H15N3O4S. The normalized spacial score (nSPS) is 13.3. The monoisotopic (exact) mass is 345 g/mol. The lowest BCUT2D eigenvalue weighted by atomic mass is 10.2. The Hall–Kier alpha value is -2.74. The van der Waals surface area contributed by atoms with E-state index in [2.05, 4.69) is 15.6 Å². The maximum Gasteiger partial charge on any atom is 0.355 e. The summed E-state index contributed by atoms with van der Waals surface area (Å²) >= 11 is 1.18. The van der Waals surface area contributed by atoms with Gasteiger partial charge in [-0.2, -0.15) is 0 Å². The molecule has 8 heteroatoms. The van der Waals surface area contributed by atoms with E-state index in [9.17, 15) is 14.4 Å². The van der Waals surface area contributed by atoms with Gasteiger partial charge in [-0.3, -0.25) is 9.59 Å². The van der Waals surface area contributed by atoms with Gasteiger partial charge in [-0.1, -0.05) is 0 Å². The molecule has 1 aliphatic rings. The van der Waals surface area contributed by atoms with Crippen molar-refractivity contribution >= 4 is 34.8 Å². The predicted octanol–water partition coefficient (Wildman–Crippen LogP) is 2.12. The van der Waals surface area contributed by atoms with Gasteiger partial charge in [0.1, 0.15) is 5.01 Å². The number of carboxylic acid groups (broad SMARTS) is 1. The van der Waals surface area contributed by atoms with E-state index in [0.29, 0.717) is 16.3 Å². The van der Waals surface area contributed by atoms with Gasteiger partial charge >= 0.3 is 5.97 Å². The molecule has 0 radical (unpaired) electrons. The highest BCUT2D eigenvalue weighted by atomic mass is 32.1. The number of hydrogen-bond donors (Lipinski definition) is 3. The molecule has 124 valence electrons. The summed E-state index contributed by atoms with van der Waals surface area (Å²) in [6.07, 6.45) is 1.87. The van der Waals surface area contributed by atoms with Crippen molar-refractivity contribution in [1.82, 2.24) is 10.3 Å². The van der Waals surface area contributed by atoms with Gasteiger partial charge < -0.3 is 15.7 Å². The SMILES string of the molecule is O=C(NCc1nc(C(=O)O)cs1)c1ccc(NC(=O)C2CC2)cc1. The van der Waals surface area contributed by atoms with E-state index in [1.165, 1.54) is 16.7 Å². The third kappa shape index (κ3) is 3.96. The zero-order chi connectivity index (χ0) is 17.1. The second-order valence-corrected chi connectivity index (χ2v) is 6.40. The van der Waals surface area contributed by atoms with E-state index in [1.807, 2.05) is 0 Å². The molecule has 2 aromatic rings. The molecular weight excluding hydrogens is 330 g/mol. The van der Waals surface area contributed by atoms with Crippen LogP contribution in [-0.2, 0) is 11.3 Å². The molecule has 3 N–H and O–H groups in total. The van der Waals surface area contributed by atoms with Crippen LogP contribution in [0, 0.1) is 5.92 Å². The standard InChI is InChI=1S/C16H15N3O4S/c20-14(17-7-13-19-12(8-24-13)16(22)23)9-3-5-11(6-4-9)18-15(21)10-1-2-10/h3-6,8,10H,1-2,7H2,(H,17,20)(H,18,21)(H,22,23). The Morgan fingerprint density at radius 3 is 2.50 bits per heavy atom. The van der Waals surface area contributed by atoms with Crippen LogP contribution in [0.25, 0.3) is 0 Å². The summed E-state index contributed by atoms with van der Waals surface area (Å²) in [7, 11) is 0. The summed E-state index contributed by atoms with van der Waals surface area (Å²) in [5.74, 6) is -1.23. The fourth-order valence-electron chi connectivity index (χ4n) is 2.04. The number of carbonyl (C=O) groups is 3. The van der Waals surface area contributed by atoms with Crippen molar-refractivity contribution in [2.75, 3.05) is 5.32 Å². The Kier molecular flexibility index (Phi) is 4.57. The largest absolute Gasteiger partial charge is 0.476 e. The van der Waals surface area contributed by atoms with E-state index >= 15 is 0 Å². The quantitative estimate of drug-likeness (QED) is 0.743. The molecule has 0 unspecified atom stereocenters. The van der Waals surface area contributed by atoms with Crippen molar-refractivity contribution in [3.8, 4) is 0 Å². The molecule has 0 spiro atoms. The minimum absolute atomic E-state index is 0.0187. The Balaban J connectivity index is 1.54. The Labute approximate surface area is 141 Å². The molecule has 2 amide bonds. The average Bonchev–Trinajstić information content (AvgIpc) is 3.31. The lowest BCUT2D eigenvalue weighted by Crippen LogP contribution is -2.22. The summed E-state index contributed by atoms with van der Waals surface area (Å²) in [6.45, 7) is 0.164. The van der Waals surface area contributed by atoms with Gasteiger partial charge in [0, 0.05) is 22.5 Å². The smallest absolute Gasteiger partial charge is 0.355 e. The highest BCUT2D eigenvalue weighted by molar-refractivity contribution is 7.09. The molecule has 3 rings (SSSR count). The van der Waals surface area contributed by atoms with Crippen LogP contribution in [0.3, 0.4) is 0 Å². The van der Waals surface area contributed by atoms with Crippen LogP contribution < -0.4 is 10.6 Å². The van der Waals surface area contributed by atoms with Crippen molar-refractivity contribution in [3.05, 3.63) is 45.9 Å². The Morgan fingerprint density at radius 1 is 1.21 bits per heavy atom. The third-order valence-corrected chi connectivity index (χ3v) is 4.38. The number of anilines is 1. The first kappa shape index (κ1) is 16.1. The number of carboxylic acids is 1. The minimum atomic E-state index is -1.09. The molecule has 1 heterocycles. The number of aromatic nitrogens is 1. The van der Waals surface area contributed by atoms with E-state index in [1.54, 1.807) is 24.3 Å². The number of nitrogens with one attached hydrogen (secondary N) is 2. The van der Waals surface area contributed by atoms with Gasteiger partial charge in [-0.05, 0) is 37.1 Å². The number of benzene rings is 1. The molecule has 0 saturated heterocycles. The van der Waals surface area contributed by atoms with E-state index in [0.717, 1.165) is 12.8 Å². The molecule has 1 saturated carbocycles. The van der Waals surface area contributed by atoms with Crippen LogP contribution in [0.4, 0.5) is 5.69 Å². The number of carbonyl (C=O) groups excluding carboxylic acids is 2. The second-order valence-electron chi connectivity index (χ2n) is 5.46. The van der Waals surface area contributed by atoms with Crippen LogP contribution in [0.2, 0.25) is 0 Å². The Bertz CT molecular complexity index is 781. The lowest BCUT2D eigenvalue weighted by Gasteiger charge is -2.06. The molecule has 7 nitrogen and oxygen atoms in total. The van der Waals surface area contributed by atoms with Crippen molar-refractivity contribution in [2.45, 2.75) is 19.4 Å². The van der Waals surface area contributed by atoms with Crippen molar-refractivity contribution < 1.29 is 19.5 Å². The molecule has 1 aromatic heterocycles. The van der Waals surface area contributed by atoms with Crippen LogP contribution in [-0.4, -0.2) is 27.9 Å². The number of rotatable bonds is 6. The van der Waals surface area contributed by atoms with Gasteiger partial charge in [0.25, 0.3) is 5.91 Å². The zero-order valence-corrected chi connectivity index (χ0v) is 13.4. The fraction of sp³-hybridized carbons (Fsp3) is 0.250. The van der Waals surface area contributed by atoms with Crippen molar-refractivity contribution in [1.29, 1.82) is 0 Å². The first-order valence-corrected chi connectivity index (χ1v) is 8.27. The maximum absolute atomic E-state index is 12.1. The molecule has 24 heavy (non-hydrogen) atoms. The van der Waals surface area contributed by atoms with Gasteiger partial charge in [0.2, 0.25) is 5.91 Å². The number of nitrogens with zero attached hydrogens (tertiary/aromatic N) is 1. The van der Waals surface area contributed by atoms with E-state index in [-0.39, 0.29) is 30.0 Å². The Morgan fingerprint density at radius 2 is 1.92 bits per heavy atom. The topological polar surface area (TPSA) is 108 Å². The first-order chi connectivity index (χ1) is 11.5. The molecule has 1 aromatic carbocycles. The van der Waals surface area contributed by atoms with Gasteiger partial charge in [0.15, 0.2) is 5.69 Å². The third-order valence-electron chi connectivity index (χ3n) is 3.53. The highest BCUT2D eigenvalue weighted by Crippen LogP contribution is 2.30. The first-order valence-electron chi connectivity index (χ1n) is 7.40. The molecule has 1 aliphatic carbocycles. The lowest BCUT2D eigenvalue weighted by molar-refractivity contribution is -0.117. The van der Waals surface area contributed by atoms with Crippen LogP contribution in [0.5, 0.6) is 0 Å². The fourth-order valence-corrected chi connectivity index (χ4v) is 2.75. The molecule has 0 atom stereocenters. The summed E-state index contributed by atoms with van der Waals surface area (Å²) in [5, 5.41) is 16.3. The van der Waals surface area contributed by atoms with Crippen molar-refractivity contribution in [3.63, 3.8) is 0 Å². The van der Waals surface area contributed by atoms with Crippen LogP contribution in [0.1, 0.15) is 38.7 Å².